The van der Waals surface area contributed by atoms with E-state index in [4.69, 9.17) is 5.73 Å². The minimum atomic E-state index is -0.148. The van der Waals surface area contributed by atoms with E-state index in [1.54, 1.807) is 0 Å². The molecule has 0 radical (unpaired) electrons. The average molecular weight is 232 g/mol. The van der Waals surface area contributed by atoms with Crippen molar-refractivity contribution < 1.29 is 4.79 Å². The average Bonchev–Trinajstić information content (AvgIpc) is 2.33. The van der Waals surface area contributed by atoms with Crippen molar-refractivity contribution in [1.29, 1.82) is 0 Å². The second-order valence-corrected chi connectivity index (χ2v) is 4.88. The van der Waals surface area contributed by atoms with Crippen molar-refractivity contribution in [3.05, 3.63) is 29.3 Å². The third-order valence-electron chi connectivity index (χ3n) is 3.81. The Hall–Kier alpha value is -1.51. The summed E-state index contributed by atoms with van der Waals surface area (Å²) in [6.07, 6.45) is 1.76. The Morgan fingerprint density at radius 3 is 2.53 bits per heavy atom. The van der Waals surface area contributed by atoms with E-state index in [1.807, 2.05) is 0 Å². The molecule has 1 aromatic rings. The highest BCUT2D eigenvalue weighted by Crippen LogP contribution is 2.27. The van der Waals surface area contributed by atoms with Gasteiger partial charge in [0.05, 0.1) is 0 Å². The molecule has 3 heteroatoms. The predicted octanol–water partition coefficient (Wildman–Crippen LogP) is 2.01. The molecule has 1 amide bonds. The van der Waals surface area contributed by atoms with Crippen LogP contribution in [-0.4, -0.2) is 19.0 Å². The van der Waals surface area contributed by atoms with E-state index in [0.717, 1.165) is 25.9 Å². The first-order valence-electron chi connectivity index (χ1n) is 6.20. The number of hydrogen-bond acceptors (Lipinski definition) is 2. The van der Waals surface area contributed by atoms with E-state index in [-0.39, 0.29) is 11.8 Å². The Morgan fingerprint density at radius 2 is 1.94 bits per heavy atom. The second kappa shape index (κ2) is 4.78. The number of aryl methyl sites for hydroxylation is 1. The zero-order chi connectivity index (χ0) is 12.4. The fraction of sp³-hybridized carbons (Fsp3) is 0.500. The zero-order valence-electron chi connectivity index (χ0n) is 10.6. The van der Waals surface area contributed by atoms with Gasteiger partial charge < -0.3 is 10.6 Å². The Labute approximate surface area is 103 Å². The molecule has 1 aromatic carbocycles. The van der Waals surface area contributed by atoms with Crippen LogP contribution in [0.25, 0.3) is 0 Å². The van der Waals surface area contributed by atoms with Gasteiger partial charge in [0, 0.05) is 24.7 Å². The maximum Gasteiger partial charge on any atom is 0.220 e. The molecule has 92 valence electrons. The van der Waals surface area contributed by atoms with E-state index in [0.29, 0.717) is 0 Å². The van der Waals surface area contributed by atoms with E-state index in [1.165, 1.54) is 16.8 Å². The lowest BCUT2D eigenvalue weighted by atomic mass is 9.95. The van der Waals surface area contributed by atoms with Crippen molar-refractivity contribution in [2.24, 2.45) is 11.7 Å². The summed E-state index contributed by atoms with van der Waals surface area (Å²) in [4.78, 5) is 13.5. The van der Waals surface area contributed by atoms with E-state index < -0.39 is 0 Å². The van der Waals surface area contributed by atoms with Crippen molar-refractivity contribution >= 4 is 11.6 Å². The molecule has 0 unspecified atom stereocenters. The number of carbonyl (C=O) groups is 1. The molecule has 0 atom stereocenters. The number of nitrogens with zero attached hydrogens (tertiary/aromatic N) is 1. The van der Waals surface area contributed by atoms with Gasteiger partial charge in [-0.15, -0.1) is 0 Å². The van der Waals surface area contributed by atoms with E-state index >= 15 is 0 Å². The van der Waals surface area contributed by atoms with Crippen LogP contribution >= 0.6 is 0 Å². The third-order valence-corrected chi connectivity index (χ3v) is 3.81. The monoisotopic (exact) mass is 232 g/mol. The minimum Gasteiger partial charge on any atom is -0.371 e. The van der Waals surface area contributed by atoms with Crippen LogP contribution in [0.5, 0.6) is 0 Å². The number of benzene rings is 1. The van der Waals surface area contributed by atoms with Gasteiger partial charge in [-0.3, -0.25) is 4.79 Å². The number of hydrogen-bond donors (Lipinski definition) is 1. The molecule has 0 bridgehead atoms. The van der Waals surface area contributed by atoms with Gasteiger partial charge in [0.15, 0.2) is 0 Å². The molecule has 1 saturated heterocycles. The van der Waals surface area contributed by atoms with Gasteiger partial charge in [-0.2, -0.15) is 0 Å². The van der Waals surface area contributed by atoms with Crippen LogP contribution in [0.3, 0.4) is 0 Å². The summed E-state index contributed by atoms with van der Waals surface area (Å²) in [7, 11) is 0. The fourth-order valence-corrected chi connectivity index (χ4v) is 2.48. The first-order valence-corrected chi connectivity index (χ1v) is 6.20. The zero-order valence-corrected chi connectivity index (χ0v) is 10.6. The Balaban J connectivity index is 2.10. The standard InChI is InChI=1S/C14H20N2O/c1-10-4-3-5-13(11(10)2)16-8-6-12(7-9-16)14(15)17/h3-5,12H,6-9H2,1-2H3,(H2,15,17). The molecule has 0 aromatic heterocycles. The number of amides is 1. The first kappa shape index (κ1) is 12.0. The molecule has 1 heterocycles. The number of primary amides is 1. The SMILES string of the molecule is Cc1cccc(N2CCC(C(N)=O)CC2)c1C. The molecule has 3 nitrogen and oxygen atoms in total. The highest BCUT2D eigenvalue weighted by Gasteiger charge is 2.23. The van der Waals surface area contributed by atoms with Crippen LogP contribution in [0.15, 0.2) is 18.2 Å². The lowest BCUT2D eigenvalue weighted by Crippen LogP contribution is -2.38. The van der Waals surface area contributed by atoms with Gasteiger partial charge in [-0.25, -0.2) is 0 Å². The molecule has 0 spiro atoms. The Bertz CT molecular complexity index is 420. The van der Waals surface area contributed by atoms with Crippen molar-refractivity contribution in [3.63, 3.8) is 0 Å². The number of carbonyl (C=O) groups excluding carboxylic acids is 1. The normalized spacial score (nSPS) is 17.2. The van der Waals surface area contributed by atoms with Gasteiger partial charge in [0.25, 0.3) is 0 Å². The quantitative estimate of drug-likeness (QED) is 0.847. The Morgan fingerprint density at radius 1 is 1.29 bits per heavy atom. The minimum absolute atomic E-state index is 0.0661. The molecule has 2 N–H and O–H groups in total. The molecule has 1 aliphatic heterocycles. The largest absolute Gasteiger partial charge is 0.371 e. The number of rotatable bonds is 2. The lowest BCUT2D eigenvalue weighted by molar-refractivity contribution is -0.122. The van der Waals surface area contributed by atoms with Gasteiger partial charge in [0.2, 0.25) is 5.91 Å². The van der Waals surface area contributed by atoms with Gasteiger partial charge >= 0.3 is 0 Å². The third kappa shape index (κ3) is 2.43. The highest BCUT2D eigenvalue weighted by molar-refractivity contribution is 5.77. The van der Waals surface area contributed by atoms with E-state index in [9.17, 15) is 4.79 Å². The van der Waals surface area contributed by atoms with Crippen LogP contribution in [0, 0.1) is 19.8 Å². The summed E-state index contributed by atoms with van der Waals surface area (Å²) in [5.74, 6) is -0.0815. The van der Waals surface area contributed by atoms with Crippen LogP contribution in [0.4, 0.5) is 5.69 Å². The molecule has 1 aliphatic rings. The summed E-state index contributed by atoms with van der Waals surface area (Å²) in [5, 5.41) is 0. The van der Waals surface area contributed by atoms with Gasteiger partial charge in [-0.1, -0.05) is 12.1 Å². The van der Waals surface area contributed by atoms with Crippen LogP contribution in [-0.2, 0) is 4.79 Å². The summed E-state index contributed by atoms with van der Waals surface area (Å²) in [6.45, 7) is 6.15. The van der Waals surface area contributed by atoms with Crippen molar-refractivity contribution in [2.75, 3.05) is 18.0 Å². The fourth-order valence-electron chi connectivity index (χ4n) is 2.48. The Kier molecular flexibility index (Phi) is 3.36. The molecular weight excluding hydrogens is 212 g/mol. The van der Waals surface area contributed by atoms with Crippen molar-refractivity contribution in [1.82, 2.24) is 0 Å². The molecule has 0 aliphatic carbocycles. The van der Waals surface area contributed by atoms with Crippen LogP contribution < -0.4 is 10.6 Å². The number of anilines is 1. The van der Waals surface area contributed by atoms with Crippen molar-refractivity contribution in [3.8, 4) is 0 Å². The summed E-state index contributed by atoms with van der Waals surface area (Å²) < 4.78 is 0. The maximum atomic E-state index is 11.1. The molecule has 17 heavy (non-hydrogen) atoms. The number of nitrogens with two attached hydrogens (primary N) is 1. The van der Waals surface area contributed by atoms with E-state index in [2.05, 4.69) is 36.9 Å². The van der Waals surface area contributed by atoms with Crippen LogP contribution in [0.1, 0.15) is 24.0 Å². The summed E-state index contributed by atoms with van der Waals surface area (Å²) in [6, 6.07) is 6.39. The lowest BCUT2D eigenvalue weighted by Gasteiger charge is -2.33. The first-order chi connectivity index (χ1) is 8.09. The molecule has 0 saturated carbocycles. The molecule has 2 rings (SSSR count). The predicted molar refractivity (Wildman–Crippen MR) is 70.0 cm³/mol. The summed E-state index contributed by atoms with van der Waals surface area (Å²) in [5.41, 5.74) is 9.30. The van der Waals surface area contributed by atoms with Crippen molar-refractivity contribution in [2.45, 2.75) is 26.7 Å². The maximum absolute atomic E-state index is 11.1. The van der Waals surface area contributed by atoms with Gasteiger partial charge in [-0.05, 0) is 43.9 Å². The van der Waals surface area contributed by atoms with Crippen LogP contribution in [0.2, 0.25) is 0 Å². The summed E-state index contributed by atoms with van der Waals surface area (Å²) >= 11 is 0. The van der Waals surface area contributed by atoms with Gasteiger partial charge in [0.1, 0.15) is 0 Å². The molecular formula is C14H20N2O. The highest BCUT2D eigenvalue weighted by atomic mass is 16.1. The molecule has 1 fully saturated rings. The number of piperidine rings is 1. The second-order valence-electron chi connectivity index (χ2n) is 4.88. The smallest absolute Gasteiger partial charge is 0.220 e. The topological polar surface area (TPSA) is 46.3 Å².